The third-order valence-electron chi connectivity index (χ3n) is 2.79. The first kappa shape index (κ1) is 14.7. The van der Waals surface area contributed by atoms with E-state index >= 15 is 0 Å². The van der Waals surface area contributed by atoms with E-state index in [0.717, 1.165) is 5.56 Å². The number of nitrogens with two attached hydrogens (primary N) is 1. The van der Waals surface area contributed by atoms with E-state index < -0.39 is 5.54 Å². The lowest BCUT2D eigenvalue weighted by Crippen LogP contribution is -2.36. The van der Waals surface area contributed by atoms with Gasteiger partial charge in [0.1, 0.15) is 5.54 Å². The van der Waals surface area contributed by atoms with Crippen LogP contribution >= 0.6 is 0 Å². The maximum absolute atomic E-state index is 9.25. The summed E-state index contributed by atoms with van der Waals surface area (Å²) in [7, 11) is 1.63. The zero-order valence-corrected chi connectivity index (χ0v) is 10.9. The van der Waals surface area contributed by atoms with Gasteiger partial charge in [-0.1, -0.05) is 30.3 Å². The molecule has 0 saturated heterocycles. The van der Waals surface area contributed by atoms with Gasteiger partial charge in [-0.3, -0.25) is 0 Å². The van der Waals surface area contributed by atoms with Crippen molar-refractivity contribution in [1.29, 1.82) is 5.26 Å². The number of hydrogen-bond donors (Lipinski definition) is 1. The second-order valence-corrected chi connectivity index (χ2v) is 4.34. The van der Waals surface area contributed by atoms with Crippen LogP contribution in [0, 0.1) is 11.3 Å². The van der Waals surface area contributed by atoms with E-state index in [1.54, 1.807) is 7.11 Å². The fourth-order valence-corrected chi connectivity index (χ4v) is 1.70. The fraction of sp³-hybridized carbons (Fsp3) is 0.500. The normalized spacial score (nSPS) is 15.7. The molecule has 0 aromatic heterocycles. The summed E-state index contributed by atoms with van der Waals surface area (Å²) >= 11 is 0. The van der Waals surface area contributed by atoms with Crippen molar-refractivity contribution in [3.63, 3.8) is 0 Å². The van der Waals surface area contributed by atoms with Gasteiger partial charge in [0.25, 0.3) is 0 Å². The molecular formula is C14H20N2O2. The number of nitrogens with zero attached hydrogens (tertiary/aromatic N) is 1. The van der Waals surface area contributed by atoms with Gasteiger partial charge in [-0.2, -0.15) is 5.26 Å². The Morgan fingerprint density at radius 3 is 2.61 bits per heavy atom. The molecule has 0 heterocycles. The Balaban J connectivity index is 2.55. The van der Waals surface area contributed by atoms with Gasteiger partial charge in [-0.25, -0.2) is 0 Å². The number of hydrogen-bond acceptors (Lipinski definition) is 4. The molecule has 0 aliphatic carbocycles. The van der Waals surface area contributed by atoms with Crippen LogP contribution in [0.3, 0.4) is 0 Å². The van der Waals surface area contributed by atoms with Crippen molar-refractivity contribution in [3.8, 4) is 6.07 Å². The van der Waals surface area contributed by atoms with Crippen molar-refractivity contribution < 1.29 is 9.47 Å². The van der Waals surface area contributed by atoms with Gasteiger partial charge in [0.15, 0.2) is 0 Å². The lowest BCUT2D eigenvalue weighted by molar-refractivity contribution is 0.00425. The van der Waals surface area contributed by atoms with Gasteiger partial charge in [-0.15, -0.1) is 0 Å². The van der Waals surface area contributed by atoms with Crippen molar-refractivity contribution in [2.45, 2.75) is 25.0 Å². The van der Waals surface area contributed by atoms with Crippen LogP contribution in [-0.2, 0) is 15.0 Å². The Morgan fingerprint density at radius 2 is 2.06 bits per heavy atom. The first-order valence-electron chi connectivity index (χ1n) is 5.98. The van der Waals surface area contributed by atoms with E-state index in [1.165, 1.54) is 0 Å². The van der Waals surface area contributed by atoms with Crippen LogP contribution in [0.2, 0.25) is 0 Å². The minimum Gasteiger partial charge on any atom is -0.382 e. The summed E-state index contributed by atoms with van der Waals surface area (Å²) < 4.78 is 10.5. The van der Waals surface area contributed by atoms with E-state index in [-0.39, 0.29) is 6.10 Å². The van der Waals surface area contributed by atoms with Crippen LogP contribution in [0.25, 0.3) is 0 Å². The average Bonchev–Trinajstić information content (AvgIpc) is 2.40. The number of methoxy groups -OCH3 is 1. The first-order valence-corrected chi connectivity index (χ1v) is 5.98. The van der Waals surface area contributed by atoms with Gasteiger partial charge >= 0.3 is 0 Å². The van der Waals surface area contributed by atoms with Crippen molar-refractivity contribution in [3.05, 3.63) is 35.9 Å². The molecule has 0 spiro atoms. The Morgan fingerprint density at radius 1 is 1.39 bits per heavy atom. The topological polar surface area (TPSA) is 68.3 Å². The summed E-state index contributed by atoms with van der Waals surface area (Å²) in [5.41, 5.74) is 5.93. The monoisotopic (exact) mass is 248 g/mol. The number of ether oxygens (including phenoxy) is 2. The molecule has 0 amide bonds. The van der Waals surface area contributed by atoms with E-state index in [4.69, 9.17) is 15.2 Å². The van der Waals surface area contributed by atoms with Gasteiger partial charge < -0.3 is 15.2 Å². The molecule has 0 saturated carbocycles. The first-order chi connectivity index (χ1) is 8.62. The Bertz CT molecular complexity index is 389. The third kappa shape index (κ3) is 4.11. The van der Waals surface area contributed by atoms with Crippen LogP contribution in [0.1, 0.15) is 18.9 Å². The van der Waals surface area contributed by atoms with Crippen LogP contribution < -0.4 is 5.73 Å². The van der Waals surface area contributed by atoms with Crippen molar-refractivity contribution in [2.75, 3.05) is 20.3 Å². The highest BCUT2D eigenvalue weighted by atomic mass is 16.5. The molecule has 98 valence electrons. The summed E-state index contributed by atoms with van der Waals surface area (Å²) in [6.45, 7) is 2.90. The highest BCUT2D eigenvalue weighted by Crippen LogP contribution is 2.21. The van der Waals surface area contributed by atoms with Crippen molar-refractivity contribution in [1.82, 2.24) is 0 Å². The number of rotatable bonds is 7. The standard InChI is InChI=1S/C14H20N2O2/c1-12(10-17-2)18-9-8-14(16,11-15)13-6-4-3-5-7-13/h3-7,12H,8-10,16H2,1-2H3. The number of benzene rings is 1. The molecule has 0 bridgehead atoms. The molecule has 0 fully saturated rings. The minimum absolute atomic E-state index is 0.00807. The molecule has 0 aliphatic heterocycles. The molecule has 2 unspecified atom stereocenters. The van der Waals surface area contributed by atoms with Crippen molar-refractivity contribution in [2.24, 2.45) is 5.73 Å². The minimum atomic E-state index is -0.992. The van der Waals surface area contributed by atoms with Crippen molar-refractivity contribution >= 4 is 0 Å². The lowest BCUT2D eigenvalue weighted by Gasteiger charge is -2.23. The number of nitriles is 1. The van der Waals surface area contributed by atoms with Crippen LogP contribution in [0.5, 0.6) is 0 Å². The fourth-order valence-electron chi connectivity index (χ4n) is 1.70. The Labute approximate surface area is 108 Å². The van der Waals surface area contributed by atoms with Crippen LogP contribution in [0.15, 0.2) is 30.3 Å². The molecule has 2 atom stereocenters. The molecule has 0 aliphatic rings. The highest BCUT2D eigenvalue weighted by Gasteiger charge is 2.26. The average molecular weight is 248 g/mol. The Kier molecular flexibility index (Phi) is 5.79. The molecular weight excluding hydrogens is 228 g/mol. The third-order valence-corrected chi connectivity index (χ3v) is 2.79. The second-order valence-electron chi connectivity index (χ2n) is 4.34. The molecule has 2 N–H and O–H groups in total. The smallest absolute Gasteiger partial charge is 0.132 e. The predicted octanol–water partition coefficient (Wildman–Crippen LogP) is 1.81. The van der Waals surface area contributed by atoms with E-state index in [0.29, 0.717) is 19.6 Å². The SMILES string of the molecule is COCC(C)OCCC(N)(C#N)c1ccccc1. The maximum Gasteiger partial charge on any atom is 0.132 e. The summed E-state index contributed by atoms with van der Waals surface area (Å²) in [5, 5.41) is 9.25. The van der Waals surface area contributed by atoms with Gasteiger partial charge in [0, 0.05) is 13.5 Å². The zero-order chi connectivity index (χ0) is 13.4. The summed E-state index contributed by atoms with van der Waals surface area (Å²) in [6.07, 6.45) is 0.468. The van der Waals surface area contributed by atoms with E-state index in [1.807, 2.05) is 37.3 Å². The highest BCUT2D eigenvalue weighted by molar-refractivity contribution is 5.30. The summed E-state index contributed by atoms with van der Waals surface area (Å²) in [4.78, 5) is 0. The Hall–Kier alpha value is -1.41. The summed E-state index contributed by atoms with van der Waals surface area (Å²) in [6, 6.07) is 11.5. The molecule has 4 nitrogen and oxygen atoms in total. The molecule has 1 aromatic rings. The van der Waals surface area contributed by atoms with Gasteiger partial charge in [0.05, 0.1) is 25.4 Å². The largest absolute Gasteiger partial charge is 0.382 e. The zero-order valence-electron chi connectivity index (χ0n) is 10.9. The molecule has 0 radical (unpaired) electrons. The molecule has 1 aromatic carbocycles. The predicted molar refractivity (Wildman–Crippen MR) is 69.8 cm³/mol. The van der Waals surface area contributed by atoms with Gasteiger partial charge in [-0.05, 0) is 12.5 Å². The van der Waals surface area contributed by atoms with E-state index in [2.05, 4.69) is 6.07 Å². The summed E-state index contributed by atoms with van der Waals surface area (Å²) in [5.74, 6) is 0. The second kappa shape index (κ2) is 7.12. The molecule has 1 rings (SSSR count). The lowest BCUT2D eigenvalue weighted by atomic mass is 9.89. The maximum atomic E-state index is 9.25. The molecule has 4 heteroatoms. The van der Waals surface area contributed by atoms with Crippen LogP contribution in [0.4, 0.5) is 0 Å². The molecule has 18 heavy (non-hydrogen) atoms. The van der Waals surface area contributed by atoms with E-state index in [9.17, 15) is 5.26 Å². The van der Waals surface area contributed by atoms with Crippen LogP contribution in [-0.4, -0.2) is 26.4 Å². The quantitative estimate of drug-likeness (QED) is 0.799. The van der Waals surface area contributed by atoms with Gasteiger partial charge in [0.2, 0.25) is 0 Å².